The zero-order valence-corrected chi connectivity index (χ0v) is 10.5. The molecule has 1 rings (SSSR count). The number of aliphatic hydroxyl groups is 2. The van der Waals surface area contributed by atoms with Crippen LogP contribution in [0.4, 0.5) is 11.6 Å². The van der Waals surface area contributed by atoms with E-state index >= 15 is 0 Å². The largest absolute Gasteiger partial charge is 0.394 e. The summed E-state index contributed by atoms with van der Waals surface area (Å²) in [7, 11) is 0. The highest BCUT2D eigenvalue weighted by molar-refractivity contribution is 9.10. The quantitative estimate of drug-likeness (QED) is 0.608. The van der Waals surface area contributed by atoms with E-state index < -0.39 is 6.10 Å². The molecule has 0 saturated carbocycles. The van der Waals surface area contributed by atoms with Crippen LogP contribution in [0.25, 0.3) is 0 Å². The maximum absolute atomic E-state index is 9.20. The number of anilines is 2. The smallest absolute Gasteiger partial charge is 0.146 e. The summed E-state index contributed by atoms with van der Waals surface area (Å²) in [6.07, 6.45) is 0.626. The number of hydrogen-bond donors (Lipinski definition) is 4. The zero-order valence-electron chi connectivity index (χ0n) is 8.94. The summed E-state index contributed by atoms with van der Waals surface area (Å²) < 4.78 is 0.710. The van der Waals surface area contributed by atoms with Gasteiger partial charge in [0.15, 0.2) is 0 Å². The molecule has 16 heavy (non-hydrogen) atoms. The lowest BCUT2D eigenvalue weighted by molar-refractivity contribution is 0.105. The number of nitrogens with one attached hydrogen (secondary N) is 2. The second-order valence-corrected chi connectivity index (χ2v) is 3.93. The number of hydrogen-bond acceptors (Lipinski definition) is 6. The zero-order chi connectivity index (χ0) is 12.0. The topological polar surface area (TPSA) is 90.3 Å². The van der Waals surface area contributed by atoms with Crippen LogP contribution in [0.1, 0.15) is 6.92 Å². The predicted molar refractivity (Wildman–Crippen MR) is 65.5 cm³/mol. The van der Waals surface area contributed by atoms with Gasteiger partial charge in [-0.2, -0.15) is 0 Å². The van der Waals surface area contributed by atoms with Crippen LogP contribution >= 0.6 is 15.9 Å². The fraction of sp³-hybridized carbons (Fsp3) is 0.556. The maximum atomic E-state index is 9.20. The minimum Gasteiger partial charge on any atom is -0.394 e. The molecule has 0 aliphatic rings. The molecule has 6 nitrogen and oxygen atoms in total. The molecule has 1 unspecified atom stereocenters. The molecule has 0 spiro atoms. The van der Waals surface area contributed by atoms with Crippen LogP contribution in [0.15, 0.2) is 10.8 Å². The molecule has 0 aromatic carbocycles. The summed E-state index contributed by atoms with van der Waals surface area (Å²) in [6, 6.07) is 0. The molecule has 0 aliphatic heterocycles. The highest BCUT2D eigenvalue weighted by atomic mass is 79.9. The second kappa shape index (κ2) is 6.62. The third kappa shape index (κ3) is 3.58. The normalized spacial score (nSPS) is 12.2. The van der Waals surface area contributed by atoms with E-state index in [-0.39, 0.29) is 13.2 Å². The Morgan fingerprint density at radius 3 is 2.56 bits per heavy atom. The third-order valence-electron chi connectivity index (χ3n) is 1.85. The van der Waals surface area contributed by atoms with Gasteiger partial charge in [-0.3, -0.25) is 0 Å². The highest BCUT2D eigenvalue weighted by Gasteiger charge is 2.09. The summed E-state index contributed by atoms with van der Waals surface area (Å²) >= 11 is 3.36. The van der Waals surface area contributed by atoms with Crippen molar-refractivity contribution >= 4 is 27.6 Å². The van der Waals surface area contributed by atoms with Crippen LogP contribution in [0.2, 0.25) is 0 Å². The van der Waals surface area contributed by atoms with Crippen molar-refractivity contribution < 1.29 is 10.2 Å². The first kappa shape index (κ1) is 13.1. The SMILES string of the molecule is CCNc1ncnc(NCC(O)CO)c1Br. The van der Waals surface area contributed by atoms with Gasteiger partial charge < -0.3 is 20.8 Å². The first-order valence-electron chi connectivity index (χ1n) is 4.96. The summed E-state index contributed by atoms with van der Waals surface area (Å²) in [5, 5.41) is 23.9. The first-order chi connectivity index (χ1) is 7.69. The van der Waals surface area contributed by atoms with Crippen LogP contribution < -0.4 is 10.6 Å². The molecule has 1 aromatic rings. The van der Waals surface area contributed by atoms with Gasteiger partial charge in [0, 0.05) is 13.1 Å². The Hall–Kier alpha value is -0.920. The molecule has 1 atom stereocenters. The summed E-state index contributed by atoms with van der Waals surface area (Å²) in [4.78, 5) is 8.08. The Morgan fingerprint density at radius 1 is 1.38 bits per heavy atom. The monoisotopic (exact) mass is 290 g/mol. The molecular weight excluding hydrogens is 276 g/mol. The van der Waals surface area contributed by atoms with Crippen LogP contribution in [0.3, 0.4) is 0 Å². The Labute approximate surface area is 102 Å². The average Bonchev–Trinajstić information content (AvgIpc) is 2.30. The summed E-state index contributed by atoms with van der Waals surface area (Å²) in [6.45, 7) is 2.68. The highest BCUT2D eigenvalue weighted by Crippen LogP contribution is 2.26. The van der Waals surface area contributed by atoms with Crippen LogP contribution in [-0.2, 0) is 0 Å². The molecule has 1 heterocycles. The van der Waals surface area contributed by atoms with Gasteiger partial charge in [0.25, 0.3) is 0 Å². The molecule has 0 fully saturated rings. The van der Waals surface area contributed by atoms with Gasteiger partial charge in [0.2, 0.25) is 0 Å². The molecule has 0 amide bonds. The van der Waals surface area contributed by atoms with E-state index in [0.717, 1.165) is 6.54 Å². The van der Waals surface area contributed by atoms with Crippen molar-refractivity contribution in [3.63, 3.8) is 0 Å². The van der Waals surface area contributed by atoms with Gasteiger partial charge in [0.1, 0.15) is 22.4 Å². The van der Waals surface area contributed by atoms with E-state index in [4.69, 9.17) is 5.11 Å². The first-order valence-corrected chi connectivity index (χ1v) is 5.75. The van der Waals surface area contributed by atoms with Crippen molar-refractivity contribution in [2.45, 2.75) is 13.0 Å². The van der Waals surface area contributed by atoms with Gasteiger partial charge >= 0.3 is 0 Å². The fourth-order valence-corrected chi connectivity index (χ4v) is 1.55. The Morgan fingerprint density at radius 2 is 2.00 bits per heavy atom. The molecule has 0 bridgehead atoms. The van der Waals surface area contributed by atoms with E-state index in [2.05, 4.69) is 36.5 Å². The number of halogens is 1. The lowest BCUT2D eigenvalue weighted by atomic mass is 10.4. The van der Waals surface area contributed by atoms with Crippen LogP contribution in [0, 0.1) is 0 Å². The van der Waals surface area contributed by atoms with Crippen molar-refractivity contribution in [3.05, 3.63) is 10.8 Å². The van der Waals surface area contributed by atoms with Gasteiger partial charge in [-0.1, -0.05) is 0 Å². The van der Waals surface area contributed by atoms with Gasteiger partial charge in [-0.15, -0.1) is 0 Å². The van der Waals surface area contributed by atoms with E-state index in [1.54, 1.807) is 0 Å². The lowest BCUT2D eigenvalue weighted by Gasteiger charge is -2.12. The molecule has 90 valence electrons. The van der Waals surface area contributed by atoms with Crippen molar-refractivity contribution in [3.8, 4) is 0 Å². The van der Waals surface area contributed by atoms with Gasteiger partial charge in [-0.05, 0) is 22.9 Å². The molecule has 7 heteroatoms. The number of aliphatic hydroxyl groups excluding tert-OH is 2. The van der Waals surface area contributed by atoms with E-state index in [1.165, 1.54) is 6.33 Å². The summed E-state index contributed by atoms with van der Waals surface area (Å²) in [5.41, 5.74) is 0. The van der Waals surface area contributed by atoms with Gasteiger partial charge in [-0.25, -0.2) is 9.97 Å². The van der Waals surface area contributed by atoms with Crippen LogP contribution in [-0.4, -0.2) is 46.0 Å². The lowest BCUT2D eigenvalue weighted by Crippen LogP contribution is -2.23. The standard InChI is InChI=1S/C9H15BrN4O2/c1-2-11-8-7(10)9(14-5-13-8)12-3-6(16)4-15/h5-6,15-16H,2-4H2,1H3,(H2,11,12,13,14). The minimum absolute atomic E-state index is 0.234. The van der Waals surface area contributed by atoms with E-state index in [0.29, 0.717) is 16.1 Å². The van der Waals surface area contributed by atoms with Crippen molar-refractivity contribution in [2.24, 2.45) is 0 Å². The molecular formula is C9H15BrN4O2. The Kier molecular flexibility index (Phi) is 5.44. The second-order valence-electron chi connectivity index (χ2n) is 3.13. The number of rotatable bonds is 6. The van der Waals surface area contributed by atoms with Crippen LogP contribution in [0.5, 0.6) is 0 Å². The predicted octanol–water partition coefficient (Wildman–Crippen LogP) is 0.436. The van der Waals surface area contributed by atoms with Gasteiger partial charge in [0.05, 0.1) is 12.7 Å². The molecule has 0 radical (unpaired) electrons. The van der Waals surface area contributed by atoms with Crippen molar-refractivity contribution in [2.75, 3.05) is 30.3 Å². The van der Waals surface area contributed by atoms with Crippen molar-refractivity contribution in [1.82, 2.24) is 9.97 Å². The molecule has 4 N–H and O–H groups in total. The number of nitrogens with zero attached hydrogens (tertiary/aromatic N) is 2. The molecule has 1 aromatic heterocycles. The Balaban J connectivity index is 2.69. The fourth-order valence-electron chi connectivity index (χ4n) is 1.06. The minimum atomic E-state index is -0.801. The Bertz CT molecular complexity index is 337. The third-order valence-corrected chi connectivity index (χ3v) is 2.60. The van der Waals surface area contributed by atoms with Crippen molar-refractivity contribution in [1.29, 1.82) is 0 Å². The van der Waals surface area contributed by atoms with E-state index in [1.807, 2.05) is 6.92 Å². The number of aromatic nitrogens is 2. The maximum Gasteiger partial charge on any atom is 0.146 e. The summed E-state index contributed by atoms with van der Waals surface area (Å²) in [5.74, 6) is 1.27. The average molecular weight is 291 g/mol. The van der Waals surface area contributed by atoms with E-state index in [9.17, 15) is 5.11 Å². The molecule has 0 saturated heterocycles. The molecule has 0 aliphatic carbocycles.